The summed E-state index contributed by atoms with van der Waals surface area (Å²) in [6, 6.07) is 0. The molecule has 3 nitrogen and oxygen atoms in total. The Morgan fingerprint density at radius 2 is 1.77 bits per heavy atom. The van der Waals surface area contributed by atoms with E-state index in [1.54, 1.807) is 6.92 Å². The zero-order valence-electron chi connectivity index (χ0n) is 8.85. The zero-order valence-corrected chi connectivity index (χ0v) is 9.66. The van der Waals surface area contributed by atoms with Crippen LogP contribution in [0, 0.1) is 5.41 Å². The van der Waals surface area contributed by atoms with E-state index in [1.165, 1.54) is 0 Å². The first-order valence-corrected chi connectivity index (χ1v) is 6.39. The molecule has 0 aliphatic heterocycles. The first-order valence-electron chi connectivity index (χ1n) is 4.74. The lowest BCUT2D eigenvalue weighted by Gasteiger charge is -2.31. The molecule has 0 aromatic heterocycles. The maximum atomic E-state index is 11.4. The van der Waals surface area contributed by atoms with Crippen molar-refractivity contribution in [3.63, 3.8) is 0 Å². The maximum Gasteiger partial charge on any atom is 0.211 e. The molecule has 0 aromatic carbocycles. The molecule has 0 radical (unpaired) electrons. The summed E-state index contributed by atoms with van der Waals surface area (Å²) >= 11 is 0. The van der Waals surface area contributed by atoms with E-state index in [9.17, 15) is 8.42 Å². The highest BCUT2D eigenvalue weighted by atomic mass is 32.2. The topological polar surface area (TPSA) is 46.2 Å². The highest BCUT2D eigenvalue weighted by Crippen LogP contribution is 2.49. The molecule has 1 fully saturated rings. The van der Waals surface area contributed by atoms with Gasteiger partial charge in [-0.1, -0.05) is 20.8 Å². The van der Waals surface area contributed by atoms with Crippen LogP contribution in [0.5, 0.6) is 0 Å². The predicted octanol–water partition coefficient (Wildman–Crippen LogP) is 1.50. The fraction of sp³-hybridized carbons (Fsp3) is 1.00. The highest BCUT2D eigenvalue weighted by molar-refractivity contribution is 7.89. The van der Waals surface area contributed by atoms with E-state index in [1.807, 2.05) is 0 Å². The van der Waals surface area contributed by atoms with Crippen molar-refractivity contribution in [2.24, 2.45) is 5.41 Å². The molecule has 0 heterocycles. The molecule has 0 atom stereocenters. The molecule has 0 amide bonds. The molecule has 4 heteroatoms. The van der Waals surface area contributed by atoms with E-state index in [2.05, 4.69) is 25.5 Å². The standard InChI is InChI=1S/C9H19NO2S/c1-5-13(11,12)10-9(6-7-9)8(2,3)4/h10H,5-7H2,1-4H3. The number of sulfonamides is 1. The van der Waals surface area contributed by atoms with Crippen molar-refractivity contribution >= 4 is 10.0 Å². The second-order valence-corrected chi connectivity index (χ2v) is 6.85. The van der Waals surface area contributed by atoms with Crippen LogP contribution in [0.15, 0.2) is 0 Å². The molecule has 1 N–H and O–H groups in total. The summed E-state index contributed by atoms with van der Waals surface area (Å²) in [5.41, 5.74) is -0.142. The predicted molar refractivity (Wildman–Crippen MR) is 54.0 cm³/mol. The second-order valence-electron chi connectivity index (χ2n) is 4.84. The fourth-order valence-corrected chi connectivity index (χ4v) is 2.75. The van der Waals surface area contributed by atoms with E-state index >= 15 is 0 Å². The molecule has 78 valence electrons. The van der Waals surface area contributed by atoms with Gasteiger partial charge in [-0.15, -0.1) is 0 Å². The Balaban J connectivity index is 2.76. The third-order valence-corrected chi connectivity index (χ3v) is 4.38. The summed E-state index contributed by atoms with van der Waals surface area (Å²) in [5, 5.41) is 0. The van der Waals surface area contributed by atoms with Crippen LogP contribution < -0.4 is 4.72 Å². The highest BCUT2D eigenvalue weighted by Gasteiger charge is 2.53. The zero-order chi connectivity index (χ0) is 10.3. The molecule has 0 saturated heterocycles. The maximum absolute atomic E-state index is 11.4. The molecule has 0 aromatic rings. The molecular formula is C9H19NO2S. The monoisotopic (exact) mass is 205 g/mol. The summed E-state index contributed by atoms with van der Waals surface area (Å²) in [7, 11) is -3.05. The SMILES string of the molecule is CCS(=O)(=O)NC1(C(C)(C)C)CC1. The van der Waals surface area contributed by atoms with E-state index < -0.39 is 10.0 Å². The van der Waals surface area contributed by atoms with Crippen LogP contribution >= 0.6 is 0 Å². The summed E-state index contributed by atoms with van der Waals surface area (Å²) in [4.78, 5) is 0. The quantitative estimate of drug-likeness (QED) is 0.759. The molecule has 1 aliphatic rings. The molecule has 0 unspecified atom stereocenters. The largest absolute Gasteiger partial charge is 0.212 e. The Bertz CT molecular complexity index is 283. The normalized spacial score (nSPS) is 21.5. The molecular weight excluding hydrogens is 186 g/mol. The summed E-state index contributed by atoms with van der Waals surface area (Å²) in [6.07, 6.45) is 1.94. The van der Waals surface area contributed by atoms with Gasteiger partial charge < -0.3 is 0 Å². The van der Waals surface area contributed by atoms with Crippen LogP contribution in [0.2, 0.25) is 0 Å². The minimum absolute atomic E-state index is 0.0231. The van der Waals surface area contributed by atoms with Crippen LogP contribution in [0.4, 0.5) is 0 Å². The van der Waals surface area contributed by atoms with Gasteiger partial charge in [0.1, 0.15) is 0 Å². The van der Waals surface area contributed by atoms with E-state index in [0.717, 1.165) is 12.8 Å². The lowest BCUT2D eigenvalue weighted by molar-refractivity contribution is 0.278. The number of hydrogen-bond donors (Lipinski definition) is 1. The van der Waals surface area contributed by atoms with E-state index in [4.69, 9.17) is 0 Å². The van der Waals surface area contributed by atoms with Crippen molar-refractivity contribution in [1.29, 1.82) is 0 Å². The fourth-order valence-electron chi connectivity index (χ4n) is 1.50. The van der Waals surface area contributed by atoms with Gasteiger partial charge in [0.15, 0.2) is 0 Å². The molecule has 13 heavy (non-hydrogen) atoms. The number of nitrogens with one attached hydrogen (secondary N) is 1. The van der Waals surface area contributed by atoms with Gasteiger partial charge in [-0.05, 0) is 25.2 Å². The lowest BCUT2D eigenvalue weighted by atomic mass is 9.85. The summed E-state index contributed by atoms with van der Waals surface area (Å²) in [5.74, 6) is 0.171. The van der Waals surface area contributed by atoms with Crippen LogP contribution in [0.3, 0.4) is 0 Å². The number of rotatable bonds is 3. The average molecular weight is 205 g/mol. The van der Waals surface area contributed by atoms with Crippen LogP contribution in [-0.2, 0) is 10.0 Å². The smallest absolute Gasteiger partial charge is 0.211 e. The Labute approximate surface area is 81.0 Å². The van der Waals surface area contributed by atoms with E-state index in [-0.39, 0.29) is 16.7 Å². The van der Waals surface area contributed by atoms with Crippen LogP contribution in [0.25, 0.3) is 0 Å². The second kappa shape index (κ2) is 2.95. The third kappa shape index (κ3) is 2.23. The lowest BCUT2D eigenvalue weighted by Crippen LogP contribution is -2.46. The molecule has 0 spiro atoms. The Kier molecular flexibility index (Phi) is 2.50. The first kappa shape index (κ1) is 11.0. The summed E-state index contributed by atoms with van der Waals surface area (Å²) < 4.78 is 25.6. The number of hydrogen-bond acceptors (Lipinski definition) is 2. The van der Waals surface area contributed by atoms with Crippen molar-refractivity contribution in [2.75, 3.05) is 5.75 Å². The molecule has 1 rings (SSSR count). The van der Waals surface area contributed by atoms with Gasteiger partial charge in [0.05, 0.1) is 5.75 Å². The Hall–Kier alpha value is -0.0900. The van der Waals surface area contributed by atoms with Gasteiger partial charge in [-0.3, -0.25) is 0 Å². The van der Waals surface area contributed by atoms with Gasteiger partial charge in [0.2, 0.25) is 10.0 Å². The van der Waals surface area contributed by atoms with Gasteiger partial charge in [-0.25, -0.2) is 13.1 Å². The minimum Gasteiger partial charge on any atom is -0.212 e. The molecule has 1 saturated carbocycles. The van der Waals surface area contributed by atoms with Crippen LogP contribution in [-0.4, -0.2) is 19.7 Å². The van der Waals surface area contributed by atoms with Crippen LogP contribution in [0.1, 0.15) is 40.5 Å². The Morgan fingerprint density at radius 1 is 1.31 bits per heavy atom. The summed E-state index contributed by atoms with van der Waals surface area (Å²) in [6.45, 7) is 7.91. The van der Waals surface area contributed by atoms with Crippen molar-refractivity contribution in [1.82, 2.24) is 4.72 Å². The minimum atomic E-state index is -3.05. The van der Waals surface area contributed by atoms with Crippen molar-refractivity contribution < 1.29 is 8.42 Å². The van der Waals surface area contributed by atoms with Gasteiger partial charge in [0.25, 0.3) is 0 Å². The first-order chi connectivity index (χ1) is 5.72. The molecule has 1 aliphatic carbocycles. The van der Waals surface area contributed by atoms with Crippen molar-refractivity contribution in [2.45, 2.75) is 46.1 Å². The molecule has 0 bridgehead atoms. The van der Waals surface area contributed by atoms with Crippen molar-refractivity contribution in [3.05, 3.63) is 0 Å². The van der Waals surface area contributed by atoms with Gasteiger partial charge in [-0.2, -0.15) is 0 Å². The third-order valence-electron chi connectivity index (χ3n) is 2.92. The average Bonchev–Trinajstić information content (AvgIpc) is 2.67. The van der Waals surface area contributed by atoms with E-state index in [0.29, 0.717) is 0 Å². The van der Waals surface area contributed by atoms with Gasteiger partial charge in [0, 0.05) is 5.54 Å². The Morgan fingerprint density at radius 3 is 2.00 bits per heavy atom. The van der Waals surface area contributed by atoms with Crippen molar-refractivity contribution in [3.8, 4) is 0 Å². The van der Waals surface area contributed by atoms with Gasteiger partial charge >= 0.3 is 0 Å².